The van der Waals surface area contributed by atoms with Gasteiger partial charge in [0.1, 0.15) is 11.5 Å². The summed E-state index contributed by atoms with van der Waals surface area (Å²) in [7, 11) is -4.66. The maximum absolute atomic E-state index is 12.6. The molecular weight excluding hydrogens is 379 g/mol. The summed E-state index contributed by atoms with van der Waals surface area (Å²) in [6, 6.07) is 16.8. The number of rotatable bonds is 5. The van der Waals surface area contributed by atoms with Crippen LogP contribution in [-0.4, -0.2) is 38.6 Å². The van der Waals surface area contributed by atoms with Crippen LogP contribution in [0.3, 0.4) is 0 Å². The number of nitrogens with zero attached hydrogens (tertiary/aromatic N) is 1. The molecule has 3 N–H and O–H groups in total. The van der Waals surface area contributed by atoms with Gasteiger partial charge in [-0.15, -0.1) is 0 Å². The van der Waals surface area contributed by atoms with Gasteiger partial charge in [0.25, 0.3) is 5.91 Å². The molecular formula is C20H19N2O5P. The fraction of sp³-hybridized carbons (Fsp3) is 0.200. The highest BCUT2D eigenvalue weighted by Crippen LogP contribution is 2.58. The molecule has 2 atom stereocenters. The SMILES string of the molecule is O=C(Cc1ccccc1)N[C@H]1C(=O)N2C(P(=O)(O)O)=C(c3ccccc3)C[C@H]12. The van der Waals surface area contributed by atoms with E-state index in [9.17, 15) is 23.9 Å². The number of hydrogen-bond donors (Lipinski definition) is 3. The van der Waals surface area contributed by atoms with Gasteiger partial charge in [0, 0.05) is 0 Å². The molecule has 2 aromatic rings. The van der Waals surface area contributed by atoms with Crippen LogP contribution in [0.5, 0.6) is 0 Å². The minimum absolute atomic E-state index is 0.141. The normalized spacial score (nSPS) is 21.4. The van der Waals surface area contributed by atoms with Gasteiger partial charge in [0.15, 0.2) is 0 Å². The molecule has 8 heteroatoms. The van der Waals surface area contributed by atoms with Crippen molar-refractivity contribution in [3.8, 4) is 0 Å². The Morgan fingerprint density at radius 2 is 1.68 bits per heavy atom. The van der Waals surface area contributed by atoms with E-state index in [1.807, 2.05) is 36.4 Å². The largest absolute Gasteiger partial charge is 0.372 e. The quantitative estimate of drug-likeness (QED) is 0.527. The first-order valence-corrected chi connectivity index (χ1v) is 10.5. The fourth-order valence-corrected chi connectivity index (χ4v) is 4.93. The molecule has 0 radical (unpaired) electrons. The van der Waals surface area contributed by atoms with E-state index in [1.165, 1.54) is 0 Å². The molecule has 0 aromatic heterocycles. The van der Waals surface area contributed by atoms with Crippen molar-refractivity contribution in [1.29, 1.82) is 0 Å². The maximum Gasteiger partial charge on any atom is 0.372 e. The molecule has 0 saturated carbocycles. The third-order valence-corrected chi connectivity index (χ3v) is 6.09. The molecule has 0 aliphatic carbocycles. The topological polar surface area (TPSA) is 107 Å². The number of hydrogen-bond acceptors (Lipinski definition) is 3. The Balaban J connectivity index is 1.54. The van der Waals surface area contributed by atoms with Gasteiger partial charge in [-0.2, -0.15) is 0 Å². The Bertz CT molecular complexity index is 1000. The zero-order chi connectivity index (χ0) is 19.9. The van der Waals surface area contributed by atoms with Crippen LogP contribution in [0, 0.1) is 0 Å². The Morgan fingerprint density at radius 1 is 1.07 bits per heavy atom. The average Bonchev–Trinajstić information content (AvgIpc) is 3.04. The van der Waals surface area contributed by atoms with Crippen molar-refractivity contribution < 1.29 is 23.9 Å². The second-order valence-corrected chi connectivity index (χ2v) is 8.41. The third kappa shape index (κ3) is 3.29. The first-order chi connectivity index (χ1) is 13.4. The molecule has 2 aliphatic heterocycles. The van der Waals surface area contributed by atoms with Gasteiger partial charge >= 0.3 is 7.60 Å². The van der Waals surface area contributed by atoms with Crippen molar-refractivity contribution in [3.05, 3.63) is 77.2 Å². The first-order valence-electron chi connectivity index (χ1n) is 8.87. The molecule has 2 amide bonds. The molecule has 7 nitrogen and oxygen atoms in total. The standard InChI is InChI=1S/C20H19N2O5P/c23-17(11-13-7-3-1-4-8-13)21-18-16-12-15(14-9-5-2-6-10-14)20(28(25,26)27)22(16)19(18)24/h1-10,16,18H,11-12H2,(H,21,23)(H2,25,26,27)/t16-,18-/m1/s1. The summed E-state index contributed by atoms with van der Waals surface area (Å²) >= 11 is 0. The van der Waals surface area contributed by atoms with Gasteiger partial charge < -0.3 is 15.1 Å². The summed E-state index contributed by atoms with van der Waals surface area (Å²) in [5.74, 6) is -0.786. The van der Waals surface area contributed by atoms with E-state index in [4.69, 9.17) is 0 Å². The Kier molecular flexibility index (Phi) is 4.67. The number of fused-ring (bicyclic) bond motifs is 1. The number of amides is 2. The highest BCUT2D eigenvalue weighted by atomic mass is 31.2. The smallest absolute Gasteiger partial charge is 0.342 e. The van der Waals surface area contributed by atoms with Crippen LogP contribution in [0.2, 0.25) is 0 Å². The lowest BCUT2D eigenvalue weighted by Crippen LogP contribution is -2.68. The lowest BCUT2D eigenvalue weighted by molar-refractivity contribution is -0.148. The molecule has 28 heavy (non-hydrogen) atoms. The molecule has 144 valence electrons. The number of β-lactam (4-membered cyclic amide) rings is 1. The van der Waals surface area contributed by atoms with Gasteiger partial charge in [-0.3, -0.25) is 19.1 Å². The number of carbonyl (C=O) groups excluding carboxylic acids is 2. The number of carbonyl (C=O) groups is 2. The van der Waals surface area contributed by atoms with Gasteiger partial charge in [0.2, 0.25) is 5.91 Å². The molecule has 0 unspecified atom stereocenters. The van der Waals surface area contributed by atoms with E-state index in [0.717, 1.165) is 10.5 Å². The molecule has 2 heterocycles. The maximum atomic E-state index is 12.6. The van der Waals surface area contributed by atoms with Gasteiger partial charge in [-0.1, -0.05) is 60.7 Å². The van der Waals surface area contributed by atoms with Crippen molar-refractivity contribution in [2.45, 2.75) is 24.9 Å². The van der Waals surface area contributed by atoms with Gasteiger partial charge in [0.05, 0.1) is 12.5 Å². The van der Waals surface area contributed by atoms with Gasteiger partial charge in [-0.05, 0) is 23.1 Å². The highest BCUT2D eigenvalue weighted by molar-refractivity contribution is 7.56. The van der Waals surface area contributed by atoms with Crippen LogP contribution < -0.4 is 5.32 Å². The first kappa shape index (κ1) is 18.6. The molecule has 1 saturated heterocycles. The molecule has 2 aliphatic rings. The molecule has 0 spiro atoms. The summed E-state index contributed by atoms with van der Waals surface area (Å²) < 4.78 is 12.1. The number of benzene rings is 2. The predicted molar refractivity (Wildman–Crippen MR) is 103 cm³/mol. The van der Waals surface area contributed by atoms with Crippen molar-refractivity contribution >= 4 is 25.0 Å². The fourth-order valence-electron chi connectivity index (χ4n) is 3.83. The third-order valence-electron chi connectivity index (χ3n) is 5.05. The van der Waals surface area contributed by atoms with Crippen molar-refractivity contribution in [3.63, 3.8) is 0 Å². The Morgan fingerprint density at radius 3 is 2.29 bits per heavy atom. The molecule has 4 rings (SSSR count). The van der Waals surface area contributed by atoms with Crippen LogP contribution in [0.4, 0.5) is 0 Å². The van der Waals surface area contributed by atoms with E-state index >= 15 is 0 Å². The van der Waals surface area contributed by atoms with E-state index in [0.29, 0.717) is 11.1 Å². The van der Waals surface area contributed by atoms with Crippen LogP contribution in [0.15, 0.2) is 66.1 Å². The summed E-state index contributed by atoms with van der Waals surface area (Å²) in [5, 5.41) is 2.72. The van der Waals surface area contributed by atoms with E-state index in [2.05, 4.69) is 5.32 Å². The van der Waals surface area contributed by atoms with Gasteiger partial charge in [-0.25, -0.2) is 0 Å². The lowest BCUT2D eigenvalue weighted by atomic mass is 9.92. The van der Waals surface area contributed by atoms with E-state index < -0.39 is 25.6 Å². The Labute approximate surface area is 161 Å². The van der Waals surface area contributed by atoms with Crippen LogP contribution in [-0.2, 0) is 20.6 Å². The monoisotopic (exact) mass is 398 g/mol. The minimum Gasteiger partial charge on any atom is -0.342 e. The Hall–Kier alpha value is -2.73. The van der Waals surface area contributed by atoms with E-state index in [1.54, 1.807) is 24.3 Å². The van der Waals surface area contributed by atoms with Crippen LogP contribution in [0.25, 0.3) is 5.57 Å². The molecule has 2 aromatic carbocycles. The van der Waals surface area contributed by atoms with Crippen molar-refractivity contribution in [1.82, 2.24) is 10.2 Å². The highest BCUT2D eigenvalue weighted by Gasteiger charge is 2.57. The summed E-state index contributed by atoms with van der Waals surface area (Å²) in [5.41, 5.74) is 1.70. The minimum atomic E-state index is -4.66. The average molecular weight is 398 g/mol. The zero-order valence-electron chi connectivity index (χ0n) is 14.9. The molecule has 0 bridgehead atoms. The summed E-state index contributed by atoms with van der Waals surface area (Å²) in [6.45, 7) is 0. The van der Waals surface area contributed by atoms with Crippen molar-refractivity contribution in [2.75, 3.05) is 0 Å². The van der Waals surface area contributed by atoms with Crippen LogP contribution >= 0.6 is 7.60 Å². The second-order valence-electron chi connectivity index (χ2n) is 6.90. The van der Waals surface area contributed by atoms with Crippen LogP contribution in [0.1, 0.15) is 17.5 Å². The number of nitrogens with one attached hydrogen (secondary N) is 1. The summed E-state index contributed by atoms with van der Waals surface area (Å²) in [6.07, 6.45) is 0.425. The lowest BCUT2D eigenvalue weighted by Gasteiger charge is -2.44. The summed E-state index contributed by atoms with van der Waals surface area (Å²) in [4.78, 5) is 45.7. The zero-order valence-corrected chi connectivity index (χ0v) is 15.8. The van der Waals surface area contributed by atoms with E-state index in [-0.39, 0.29) is 24.2 Å². The van der Waals surface area contributed by atoms with Crippen molar-refractivity contribution in [2.24, 2.45) is 0 Å². The second kappa shape index (κ2) is 7.02. The molecule has 1 fully saturated rings. The predicted octanol–water partition coefficient (Wildman–Crippen LogP) is 1.87.